The Morgan fingerprint density at radius 2 is 1.88 bits per heavy atom. The first-order valence-corrected chi connectivity index (χ1v) is 9.35. The van der Waals surface area contributed by atoms with Crippen LogP contribution in [0.15, 0.2) is 42.5 Å². The lowest BCUT2D eigenvalue weighted by atomic mass is 10.0. The molecule has 0 spiro atoms. The predicted molar refractivity (Wildman–Crippen MR) is 93.4 cm³/mol. The number of ether oxygens (including phenoxy) is 1. The van der Waals surface area contributed by atoms with E-state index in [0.717, 1.165) is 0 Å². The van der Waals surface area contributed by atoms with Gasteiger partial charge in [-0.15, -0.1) is 0 Å². The SMILES string of the molecule is COc1ccc2c(c1)C(=O)CCN2S(=O)(=O)Cc1ccc(Cl)cc1. The molecule has 0 saturated heterocycles. The minimum Gasteiger partial charge on any atom is -0.497 e. The summed E-state index contributed by atoms with van der Waals surface area (Å²) in [7, 11) is -2.10. The summed E-state index contributed by atoms with van der Waals surface area (Å²) in [5.41, 5.74) is 1.42. The molecular weight excluding hydrogens is 350 g/mol. The van der Waals surface area contributed by atoms with Crippen molar-refractivity contribution in [2.45, 2.75) is 12.2 Å². The second kappa shape index (κ2) is 6.45. The molecule has 5 nitrogen and oxygen atoms in total. The molecule has 0 unspecified atom stereocenters. The number of carbonyl (C=O) groups excluding carboxylic acids is 1. The summed E-state index contributed by atoms with van der Waals surface area (Å²) in [6, 6.07) is 11.5. The Kier molecular flexibility index (Phi) is 4.51. The number of Topliss-reactive ketones (excluding diaryl/α,β-unsaturated/α-hetero) is 1. The summed E-state index contributed by atoms with van der Waals surface area (Å²) in [5.74, 6) is 0.296. The molecule has 0 atom stereocenters. The highest BCUT2D eigenvalue weighted by Crippen LogP contribution is 2.33. The average molecular weight is 366 g/mol. The Hall–Kier alpha value is -2.05. The molecular formula is C17H16ClNO4S. The Balaban J connectivity index is 1.96. The van der Waals surface area contributed by atoms with Crippen molar-refractivity contribution in [3.05, 3.63) is 58.6 Å². The first kappa shape index (κ1) is 16.8. The molecule has 2 aromatic rings. The molecule has 24 heavy (non-hydrogen) atoms. The van der Waals surface area contributed by atoms with Crippen molar-refractivity contribution in [2.24, 2.45) is 0 Å². The van der Waals surface area contributed by atoms with Gasteiger partial charge in [0.25, 0.3) is 0 Å². The van der Waals surface area contributed by atoms with E-state index in [1.54, 1.807) is 42.5 Å². The van der Waals surface area contributed by atoms with Crippen LogP contribution in [0.1, 0.15) is 22.3 Å². The number of sulfonamides is 1. The Labute approximate surface area is 145 Å². The minimum atomic E-state index is -3.61. The maximum Gasteiger partial charge on any atom is 0.239 e. The fraction of sp³-hybridized carbons (Fsp3) is 0.235. The summed E-state index contributed by atoms with van der Waals surface area (Å²) in [4.78, 5) is 12.1. The van der Waals surface area contributed by atoms with Gasteiger partial charge in [-0.3, -0.25) is 9.10 Å². The molecule has 1 aliphatic heterocycles. The fourth-order valence-electron chi connectivity index (χ4n) is 2.70. The number of rotatable bonds is 4. The lowest BCUT2D eigenvalue weighted by Gasteiger charge is -2.30. The van der Waals surface area contributed by atoms with Crippen molar-refractivity contribution in [1.82, 2.24) is 0 Å². The van der Waals surface area contributed by atoms with Gasteiger partial charge in [0.05, 0.1) is 18.6 Å². The van der Waals surface area contributed by atoms with Crippen LogP contribution < -0.4 is 9.04 Å². The summed E-state index contributed by atoms with van der Waals surface area (Å²) < 4.78 is 32.1. The number of nitrogens with zero attached hydrogens (tertiary/aromatic N) is 1. The van der Waals surface area contributed by atoms with Crippen LogP contribution in [-0.2, 0) is 15.8 Å². The van der Waals surface area contributed by atoms with Crippen LogP contribution in [0.2, 0.25) is 5.02 Å². The van der Waals surface area contributed by atoms with E-state index in [0.29, 0.717) is 27.6 Å². The van der Waals surface area contributed by atoms with Gasteiger partial charge in [0, 0.05) is 23.6 Å². The molecule has 2 aromatic carbocycles. The van der Waals surface area contributed by atoms with Crippen LogP contribution in [0.25, 0.3) is 0 Å². The van der Waals surface area contributed by atoms with Gasteiger partial charge >= 0.3 is 0 Å². The number of fused-ring (bicyclic) bond motifs is 1. The van der Waals surface area contributed by atoms with E-state index < -0.39 is 10.0 Å². The lowest BCUT2D eigenvalue weighted by molar-refractivity contribution is 0.0981. The molecule has 126 valence electrons. The van der Waals surface area contributed by atoms with Gasteiger partial charge in [0.15, 0.2) is 5.78 Å². The standard InChI is InChI=1S/C17H16ClNO4S/c1-23-14-6-7-16-15(10-14)17(20)8-9-19(16)24(21,22)11-12-2-4-13(18)5-3-12/h2-7,10H,8-9,11H2,1H3. The molecule has 0 fully saturated rings. The molecule has 1 aliphatic rings. The molecule has 0 aromatic heterocycles. The van der Waals surface area contributed by atoms with Crippen molar-refractivity contribution in [2.75, 3.05) is 18.0 Å². The van der Waals surface area contributed by atoms with Gasteiger partial charge in [-0.2, -0.15) is 0 Å². The van der Waals surface area contributed by atoms with E-state index >= 15 is 0 Å². The van der Waals surface area contributed by atoms with Gasteiger partial charge < -0.3 is 4.74 Å². The maximum atomic E-state index is 12.8. The van der Waals surface area contributed by atoms with Crippen LogP contribution in [0.4, 0.5) is 5.69 Å². The Bertz CT molecular complexity index is 878. The number of ketones is 1. The van der Waals surface area contributed by atoms with Gasteiger partial charge in [0.2, 0.25) is 10.0 Å². The average Bonchev–Trinajstić information content (AvgIpc) is 2.56. The fourth-order valence-corrected chi connectivity index (χ4v) is 4.42. The summed E-state index contributed by atoms with van der Waals surface area (Å²) in [5, 5.41) is 0.553. The quantitative estimate of drug-likeness (QED) is 0.834. The summed E-state index contributed by atoms with van der Waals surface area (Å²) in [6.07, 6.45) is 0.153. The van der Waals surface area contributed by atoms with Crippen molar-refractivity contribution in [3.63, 3.8) is 0 Å². The van der Waals surface area contributed by atoms with Crippen LogP contribution in [0, 0.1) is 0 Å². The zero-order chi connectivity index (χ0) is 17.3. The highest BCUT2D eigenvalue weighted by Gasteiger charge is 2.31. The molecule has 0 amide bonds. The third-order valence-corrected chi connectivity index (χ3v) is 5.91. The molecule has 0 N–H and O–H groups in total. The van der Waals surface area contributed by atoms with Gasteiger partial charge in [-0.1, -0.05) is 23.7 Å². The normalized spacial score (nSPS) is 14.4. The molecule has 0 radical (unpaired) electrons. The van der Waals surface area contributed by atoms with E-state index in [9.17, 15) is 13.2 Å². The number of methoxy groups -OCH3 is 1. The largest absolute Gasteiger partial charge is 0.497 e. The molecule has 0 bridgehead atoms. The summed E-state index contributed by atoms with van der Waals surface area (Å²) >= 11 is 5.83. The van der Waals surface area contributed by atoms with E-state index in [1.807, 2.05) is 0 Å². The minimum absolute atomic E-state index is 0.0816. The van der Waals surface area contributed by atoms with E-state index in [2.05, 4.69) is 0 Å². The van der Waals surface area contributed by atoms with Crippen LogP contribution >= 0.6 is 11.6 Å². The monoisotopic (exact) mass is 365 g/mol. The summed E-state index contributed by atoms with van der Waals surface area (Å²) in [6.45, 7) is 0.147. The van der Waals surface area contributed by atoms with Crippen LogP contribution in [-0.4, -0.2) is 27.9 Å². The van der Waals surface area contributed by atoms with Gasteiger partial charge in [-0.05, 0) is 35.9 Å². The maximum absolute atomic E-state index is 12.8. The number of halogens is 1. The molecule has 3 rings (SSSR count). The second-order valence-electron chi connectivity index (χ2n) is 5.51. The van der Waals surface area contributed by atoms with E-state index in [1.165, 1.54) is 11.4 Å². The smallest absolute Gasteiger partial charge is 0.239 e. The third-order valence-electron chi connectivity index (χ3n) is 3.91. The first-order chi connectivity index (χ1) is 11.4. The Morgan fingerprint density at radius 1 is 1.17 bits per heavy atom. The number of anilines is 1. The zero-order valence-corrected chi connectivity index (χ0v) is 14.6. The van der Waals surface area contributed by atoms with Crippen molar-refractivity contribution < 1.29 is 17.9 Å². The van der Waals surface area contributed by atoms with Crippen molar-refractivity contribution in [3.8, 4) is 5.75 Å². The van der Waals surface area contributed by atoms with E-state index in [4.69, 9.17) is 16.3 Å². The zero-order valence-electron chi connectivity index (χ0n) is 13.0. The Morgan fingerprint density at radius 3 is 2.54 bits per heavy atom. The highest BCUT2D eigenvalue weighted by molar-refractivity contribution is 7.92. The molecule has 0 saturated carbocycles. The van der Waals surface area contributed by atoms with E-state index in [-0.39, 0.29) is 24.5 Å². The van der Waals surface area contributed by atoms with Gasteiger partial charge in [-0.25, -0.2) is 8.42 Å². The van der Waals surface area contributed by atoms with Crippen LogP contribution in [0.3, 0.4) is 0 Å². The number of carbonyl (C=O) groups is 1. The molecule has 7 heteroatoms. The highest BCUT2D eigenvalue weighted by atomic mass is 35.5. The van der Waals surface area contributed by atoms with Crippen molar-refractivity contribution in [1.29, 1.82) is 0 Å². The first-order valence-electron chi connectivity index (χ1n) is 7.37. The predicted octanol–water partition coefficient (Wildman–Crippen LogP) is 3.27. The topological polar surface area (TPSA) is 63.7 Å². The second-order valence-corrected chi connectivity index (χ2v) is 7.84. The number of hydrogen-bond acceptors (Lipinski definition) is 4. The molecule has 0 aliphatic carbocycles. The van der Waals surface area contributed by atoms with Crippen molar-refractivity contribution >= 4 is 33.1 Å². The lowest BCUT2D eigenvalue weighted by Crippen LogP contribution is -2.38. The number of hydrogen-bond donors (Lipinski definition) is 0. The van der Waals surface area contributed by atoms with Crippen LogP contribution in [0.5, 0.6) is 5.75 Å². The van der Waals surface area contributed by atoms with Gasteiger partial charge in [0.1, 0.15) is 5.75 Å². The third kappa shape index (κ3) is 3.25. The number of benzene rings is 2. The molecule has 1 heterocycles.